The standard InChI is InChI=1S/C21H28O4/c1-3-21(13-11-19(25-4-2)14-20(21)23)12-10-18(22)16-24-15-17-8-6-5-7-9-17/h5-10,12,14,18,22H,3-4,11,13,15-16H2,1-2H3/b12-10+/t18-,21+/m1/s1. The average molecular weight is 344 g/mol. The highest BCUT2D eigenvalue weighted by molar-refractivity contribution is 5.97. The minimum Gasteiger partial charge on any atom is -0.498 e. The number of hydrogen-bond donors (Lipinski definition) is 1. The van der Waals surface area contributed by atoms with E-state index in [0.29, 0.717) is 26.1 Å². The fourth-order valence-corrected chi connectivity index (χ4v) is 2.99. The summed E-state index contributed by atoms with van der Waals surface area (Å²) in [5, 5.41) is 10.1. The molecule has 0 aliphatic heterocycles. The van der Waals surface area contributed by atoms with Gasteiger partial charge < -0.3 is 14.6 Å². The van der Waals surface area contributed by atoms with E-state index < -0.39 is 11.5 Å². The zero-order valence-electron chi connectivity index (χ0n) is 15.1. The third-order valence-corrected chi connectivity index (χ3v) is 4.60. The summed E-state index contributed by atoms with van der Waals surface area (Å²) in [7, 11) is 0. The molecule has 2 atom stereocenters. The molecule has 0 aromatic heterocycles. The molecule has 1 N–H and O–H groups in total. The van der Waals surface area contributed by atoms with E-state index in [0.717, 1.165) is 17.7 Å². The third kappa shape index (κ3) is 5.55. The van der Waals surface area contributed by atoms with Crippen LogP contribution in [0.4, 0.5) is 0 Å². The molecule has 0 radical (unpaired) electrons. The summed E-state index contributed by atoms with van der Waals surface area (Å²) in [5.41, 5.74) is 0.529. The van der Waals surface area contributed by atoms with Gasteiger partial charge in [-0.25, -0.2) is 0 Å². The second-order valence-corrected chi connectivity index (χ2v) is 6.34. The number of hydrogen-bond acceptors (Lipinski definition) is 4. The monoisotopic (exact) mass is 344 g/mol. The molecule has 0 saturated carbocycles. The Morgan fingerprint density at radius 2 is 2.04 bits per heavy atom. The van der Waals surface area contributed by atoms with E-state index in [4.69, 9.17) is 9.47 Å². The molecule has 0 spiro atoms. The molecule has 1 aliphatic carbocycles. The Labute approximate surface area is 150 Å². The Morgan fingerprint density at radius 3 is 2.68 bits per heavy atom. The molecule has 25 heavy (non-hydrogen) atoms. The number of carbonyl (C=O) groups is 1. The highest BCUT2D eigenvalue weighted by Gasteiger charge is 2.36. The summed E-state index contributed by atoms with van der Waals surface area (Å²) < 4.78 is 11.0. The minimum absolute atomic E-state index is 0.0540. The quantitative estimate of drug-likeness (QED) is 0.692. The van der Waals surface area contributed by atoms with Crippen LogP contribution in [0, 0.1) is 5.41 Å². The van der Waals surface area contributed by atoms with E-state index in [1.807, 2.05) is 50.3 Å². The molecule has 0 unspecified atom stereocenters. The molecule has 0 amide bonds. The van der Waals surface area contributed by atoms with Crippen LogP contribution in [0.25, 0.3) is 0 Å². The number of benzene rings is 1. The number of aliphatic hydroxyl groups excluding tert-OH is 1. The van der Waals surface area contributed by atoms with Crippen LogP contribution in [0.2, 0.25) is 0 Å². The van der Waals surface area contributed by atoms with E-state index >= 15 is 0 Å². The average Bonchev–Trinajstić information content (AvgIpc) is 2.63. The molecule has 4 heteroatoms. The molecule has 0 bridgehead atoms. The number of allylic oxidation sites excluding steroid dienone is 3. The van der Waals surface area contributed by atoms with Crippen molar-refractivity contribution in [2.75, 3.05) is 13.2 Å². The van der Waals surface area contributed by atoms with Crippen molar-refractivity contribution in [1.29, 1.82) is 0 Å². The van der Waals surface area contributed by atoms with Gasteiger partial charge in [-0.15, -0.1) is 0 Å². The lowest BCUT2D eigenvalue weighted by atomic mass is 9.73. The maximum Gasteiger partial charge on any atom is 0.168 e. The second-order valence-electron chi connectivity index (χ2n) is 6.34. The van der Waals surface area contributed by atoms with Crippen molar-refractivity contribution >= 4 is 5.78 Å². The maximum absolute atomic E-state index is 12.5. The Morgan fingerprint density at radius 1 is 1.28 bits per heavy atom. The van der Waals surface area contributed by atoms with Crippen LogP contribution < -0.4 is 0 Å². The lowest BCUT2D eigenvalue weighted by Crippen LogP contribution is -2.31. The Kier molecular flexibility index (Phi) is 7.41. The lowest BCUT2D eigenvalue weighted by molar-refractivity contribution is -0.123. The molecular formula is C21H28O4. The predicted octanol–water partition coefficient (Wildman–Crippen LogP) is 3.80. The predicted molar refractivity (Wildman–Crippen MR) is 97.9 cm³/mol. The van der Waals surface area contributed by atoms with E-state index in [1.165, 1.54) is 0 Å². The van der Waals surface area contributed by atoms with Gasteiger partial charge in [0.05, 0.1) is 37.1 Å². The van der Waals surface area contributed by atoms with Crippen molar-refractivity contribution in [2.24, 2.45) is 5.41 Å². The smallest absolute Gasteiger partial charge is 0.168 e. The van der Waals surface area contributed by atoms with Crippen LogP contribution in [0.3, 0.4) is 0 Å². The number of ether oxygens (including phenoxy) is 2. The Bertz CT molecular complexity index is 606. The SMILES string of the molecule is CCOC1=CC(=O)[C@](/C=C/[C@@H](O)COCc2ccccc2)(CC)CC1. The number of carbonyl (C=O) groups excluding carboxylic acids is 1. The van der Waals surface area contributed by atoms with Crippen molar-refractivity contribution in [3.05, 3.63) is 59.9 Å². The molecule has 1 aromatic carbocycles. The molecule has 1 aliphatic rings. The van der Waals surface area contributed by atoms with Crippen molar-refractivity contribution in [3.8, 4) is 0 Å². The molecule has 136 valence electrons. The van der Waals surface area contributed by atoms with Crippen LogP contribution in [0.15, 0.2) is 54.3 Å². The summed E-state index contributed by atoms with van der Waals surface area (Å²) in [4.78, 5) is 12.5. The van der Waals surface area contributed by atoms with Crippen LogP contribution in [-0.2, 0) is 20.9 Å². The molecule has 1 aromatic rings. The van der Waals surface area contributed by atoms with Gasteiger partial charge >= 0.3 is 0 Å². The molecule has 0 saturated heterocycles. The fraction of sp³-hybridized carbons (Fsp3) is 0.476. The first-order valence-corrected chi connectivity index (χ1v) is 8.96. The van der Waals surface area contributed by atoms with Crippen LogP contribution in [-0.4, -0.2) is 30.2 Å². The Hall–Kier alpha value is -1.91. The molecule has 0 heterocycles. The highest BCUT2D eigenvalue weighted by Crippen LogP contribution is 2.37. The normalized spacial score (nSPS) is 22.0. The van der Waals surface area contributed by atoms with Gasteiger partial charge in [-0.3, -0.25) is 4.79 Å². The van der Waals surface area contributed by atoms with Crippen LogP contribution >= 0.6 is 0 Å². The largest absolute Gasteiger partial charge is 0.498 e. The Balaban J connectivity index is 1.88. The number of ketones is 1. The zero-order chi connectivity index (χ0) is 18.1. The summed E-state index contributed by atoms with van der Waals surface area (Å²) in [6, 6.07) is 9.84. The topological polar surface area (TPSA) is 55.8 Å². The molecule has 4 nitrogen and oxygen atoms in total. The molecule has 0 fully saturated rings. The van der Waals surface area contributed by atoms with E-state index in [2.05, 4.69) is 0 Å². The molecule has 2 rings (SSSR count). The van der Waals surface area contributed by atoms with Crippen molar-refractivity contribution in [1.82, 2.24) is 0 Å². The molecular weight excluding hydrogens is 316 g/mol. The van der Waals surface area contributed by atoms with E-state index in [1.54, 1.807) is 12.2 Å². The van der Waals surface area contributed by atoms with Gasteiger partial charge in [0.15, 0.2) is 5.78 Å². The zero-order valence-corrected chi connectivity index (χ0v) is 15.1. The summed E-state index contributed by atoms with van der Waals surface area (Å²) >= 11 is 0. The lowest BCUT2D eigenvalue weighted by Gasteiger charge is -2.31. The summed E-state index contributed by atoms with van der Waals surface area (Å²) in [5.74, 6) is 0.815. The van der Waals surface area contributed by atoms with Crippen molar-refractivity contribution in [3.63, 3.8) is 0 Å². The van der Waals surface area contributed by atoms with Crippen molar-refractivity contribution < 1.29 is 19.4 Å². The fourth-order valence-electron chi connectivity index (χ4n) is 2.99. The van der Waals surface area contributed by atoms with E-state index in [-0.39, 0.29) is 12.4 Å². The van der Waals surface area contributed by atoms with E-state index in [9.17, 15) is 9.90 Å². The highest BCUT2D eigenvalue weighted by atomic mass is 16.5. The van der Waals surface area contributed by atoms with Gasteiger partial charge in [-0.1, -0.05) is 49.4 Å². The minimum atomic E-state index is -0.725. The van der Waals surface area contributed by atoms with Crippen LogP contribution in [0.1, 0.15) is 38.7 Å². The first-order valence-electron chi connectivity index (χ1n) is 8.96. The van der Waals surface area contributed by atoms with Gasteiger partial charge in [-0.2, -0.15) is 0 Å². The van der Waals surface area contributed by atoms with Gasteiger partial charge in [0.1, 0.15) is 0 Å². The number of aliphatic hydroxyl groups is 1. The first kappa shape index (κ1) is 19.4. The number of rotatable bonds is 9. The van der Waals surface area contributed by atoms with Gasteiger partial charge in [-0.05, 0) is 25.3 Å². The van der Waals surface area contributed by atoms with Crippen LogP contribution in [0.5, 0.6) is 0 Å². The van der Waals surface area contributed by atoms with Gasteiger partial charge in [0, 0.05) is 12.5 Å². The first-order chi connectivity index (χ1) is 12.1. The van der Waals surface area contributed by atoms with Gasteiger partial charge in [0.25, 0.3) is 0 Å². The third-order valence-electron chi connectivity index (χ3n) is 4.60. The summed E-state index contributed by atoms with van der Waals surface area (Å²) in [6.07, 6.45) is 6.59. The maximum atomic E-state index is 12.5. The van der Waals surface area contributed by atoms with Gasteiger partial charge in [0.2, 0.25) is 0 Å². The summed E-state index contributed by atoms with van der Waals surface area (Å²) in [6.45, 7) is 5.16. The van der Waals surface area contributed by atoms with Crippen molar-refractivity contribution in [2.45, 2.75) is 45.8 Å². The second kappa shape index (κ2) is 9.54.